The lowest BCUT2D eigenvalue weighted by atomic mass is 10.1. The molecule has 0 radical (unpaired) electrons. The molecule has 29 heavy (non-hydrogen) atoms. The van der Waals surface area contributed by atoms with Crippen molar-refractivity contribution >= 4 is 28.5 Å². The summed E-state index contributed by atoms with van der Waals surface area (Å²) in [5, 5.41) is 10.7. The van der Waals surface area contributed by atoms with Crippen LogP contribution in [0.5, 0.6) is 5.75 Å². The molecule has 0 aliphatic carbocycles. The van der Waals surface area contributed by atoms with Crippen LogP contribution in [0.1, 0.15) is 42.9 Å². The first-order chi connectivity index (χ1) is 13.9. The second kappa shape index (κ2) is 8.72. The molecular formula is C21H25N5O3. The van der Waals surface area contributed by atoms with Gasteiger partial charge in [0.15, 0.2) is 12.3 Å². The first-order valence-electron chi connectivity index (χ1n) is 9.54. The highest BCUT2D eigenvalue weighted by molar-refractivity contribution is 6.06. The van der Waals surface area contributed by atoms with Gasteiger partial charge in [-0.1, -0.05) is 0 Å². The number of ether oxygens (including phenoxy) is 1. The van der Waals surface area contributed by atoms with Crippen molar-refractivity contribution in [2.75, 3.05) is 18.5 Å². The minimum Gasteiger partial charge on any atom is -0.484 e. The normalized spacial score (nSPS) is 10.9. The molecule has 0 aliphatic heterocycles. The quantitative estimate of drug-likeness (QED) is 0.641. The molecule has 2 amide bonds. The number of amides is 2. The number of pyridine rings is 1. The van der Waals surface area contributed by atoms with Gasteiger partial charge in [0.25, 0.3) is 11.8 Å². The number of fused-ring (bicyclic) bond motifs is 1. The molecule has 2 aromatic heterocycles. The van der Waals surface area contributed by atoms with E-state index in [0.717, 1.165) is 11.0 Å². The minimum atomic E-state index is -0.245. The summed E-state index contributed by atoms with van der Waals surface area (Å²) in [5.74, 6) is 0.129. The number of benzene rings is 1. The van der Waals surface area contributed by atoms with Gasteiger partial charge in [0.05, 0.1) is 17.5 Å². The zero-order chi connectivity index (χ0) is 21.0. The number of hydrogen-bond acceptors (Lipinski definition) is 5. The number of rotatable bonds is 7. The fraction of sp³-hybridized carbons (Fsp3) is 0.333. The predicted octanol–water partition coefficient (Wildman–Crippen LogP) is 3.09. The summed E-state index contributed by atoms with van der Waals surface area (Å²) in [7, 11) is 0. The highest BCUT2D eigenvalue weighted by Gasteiger charge is 2.15. The number of nitrogens with zero attached hydrogens (tertiary/aromatic N) is 3. The fourth-order valence-corrected chi connectivity index (χ4v) is 2.90. The number of aryl methyl sites for hydroxylation is 1. The lowest BCUT2D eigenvalue weighted by Crippen LogP contribution is -2.28. The Morgan fingerprint density at radius 1 is 1.21 bits per heavy atom. The van der Waals surface area contributed by atoms with Crippen LogP contribution in [0, 0.1) is 6.92 Å². The number of aromatic nitrogens is 3. The van der Waals surface area contributed by atoms with Crippen LogP contribution in [0.25, 0.3) is 11.0 Å². The van der Waals surface area contributed by atoms with Crippen molar-refractivity contribution in [3.63, 3.8) is 0 Å². The smallest absolute Gasteiger partial charge is 0.257 e. The van der Waals surface area contributed by atoms with Crippen LogP contribution < -0.4 is 15.4 Å². The van der Waals surface area contributed by atoms with Gasteiger partial charge in [-0.15, -0.1) is 0 Å². The van der Waals surface area contributed by atoms with Crippen molar-refractivity contribution < 1.29 is 14.3 Å². The maximum Gasteiger partial charge on any atom is 0.257 e. The van der Waals surface area contributed by atoms with E-state index in [1.54, 1.807) is 30.5 Å². The molecule has 0 aliphatic rings. The van der Waals surface area contributed by atoms with Crippen LogP contribution >= 0.6 is 0 Å². The lowest BCUT2D eigenvalue weighted by molar-refractivity contribution is -0.122. The monoisotopic (exact) mass is 395 g/mol. The van der Waals surface area contributed by atoms with E-state index in [2.05, 4.69) is 20.7 Å². The molecule has 0 fully saturated rings. The molecule has 0 saturated heterocycles. The summed E-state index contributed by atoms with van der Waals surface area (Å²) in [4.78, 5) is 28.7. The van der Waals surface area contributed by atoms with Gasteiger partial charge >= 0.3 is 0 Å². The van der Waals surface area contributed by atoms with Gasteiger partial charge in [-0.05, 0) is 58.0 Å². The summed E-state index contributed by atoms with van der Waals surface area (Å²) in [6.07, 6.45) is 1.72. The number of nitrogens with one attached hydrogen (secondary N) is 2. The molecule has 3 rings (SSSR count). The Morgan fingerprint density at radius 3 is 2.59 bits per heavy atom. The van der Waals surface area contributed by atoms with Crippen molar-refractivity contribution in [2.45, 2.75) is 33.7 Å². The minimum absolute atomic E-state index is 0.0471. The zero-order valence-electron chi connectivity index (χ0n) is 17.0. The summed E-state index contributed by atoms with van der Waals surface area (Å²) >= 11 is 0. The molecule has 3 aromatic rings. The van der Waals surface area contributed by atoms with Crippen LogP contribution in [0.2, 0.25) is 0 Å². The fourth-order valence-electron chi connectivity index (χ4n) is 2.90. The van der Waals surface area contributed by atoms with E-state index >= 15 is 0 Å². The molecule has 2 N–H and O–H groups in total. The highest BCUT2D eigenvalue weighted by Crippen LogP contribution is 2.21. The van der Waals surface area contributed by atoms with Crippen LogP contribution in [0.3, 0.4) is 0 Å². The molecule has 2 heterocycles. The molecule has 0 saturated carbocycles. The van der Waals surface area contributed by atoms with Gasteiger partial charge in [0.1, 0.15) is 5.75 Å². The van der Waals surface area contributed by atoms with Gasteiger partial charge in [-0.25, -0.2) is 9.67 Å². The number of anilines is 1. The average molecular weight is 395 g/mol. The van der Waals surface area contributed by atoms with Crippen molar-refractivity contribution in [1.29, 1.82) is 0 Å². The maximum absolute atomic E-state index is 12.7. The lowest BCUT2D eigenvalue weighted by Gasteiger charge is -2.11. The van der Waals surface area contributed by atoms with E-state index in [1.807, 2.05) is 38.4 Å². The van der Waals surface area contributed by atoms with E-state index < -0.39 is 0 Å². The maximum atomic E-state index is 12.7. The Labute approximate surface area is 169 Å². The number of hydrogen-bond donors (Lipinski definition) is 2. The third-order valence-electron chi connectivity index (χ3n) is 4.35. The van der Waals surface area contributed by atoms with Gasteiger partial charge in [-0.2, -0.15) is 5.10 Å². The molecule has 0 bridgehead atoms. The van der Waals surface area contributed by atoms with E-state index in [4.69, 9.17) is 4.74 Å². The molecule has 8 nitrogen and oxygen atoms in total. The number of likely N-dealkylation sites (N-methyl/N-ethyl adjacent to an activating group) is 1. The average Bonchev–Trinajstić information content (AvgIpc) is 3.10. The molecule has 1 aromatic carbocycles. The molecule has 152 valence electrons. The first-order valence-corrected chi connectivity index (χ1v) is 9.54. The Bertz CT molecular complexity index is 1020. The number of carbonyl (C=O) groups is 2. The summed E-state index contributed by atoms with van der Waals surface area (Å²) in [6, 6.07) is 8.85. The van der Waals surface area contributed by atoms with Crippen molar-refractivity contribution in [3.05, 3.63) is 47.8 Å². The largest absolute Gasteiger partial charge is 0.484 e. The molecule has 0 atom stereocenters. The van der Waals surface area contributed by atoms with Gasteiger partial charge in [0.2, 0.25) is 0 Å². The van der Waals surface area contributed by atoms with Crippen molar-refractivity contribution in [3.8, 4) is 5.75 Å². The third-order valence-corrected chi connectivity index (χ3v) is 4.35. The van der Waals surface area contributed by atoms with E-state index in [0.29, 0.717) is 29.2 Å². The predicted molar refractivity (Wildman–Crippen MR) is 111 cm³/mol. The molecule has 8 heteroatoms. The summed E-state index contributed by atoms with van der Waals surface area (Å²) in [6.45, 7) is 8.24. The Hall–Kier alpha value is -3.42. The van der Waals surface area contributed by atoms with Crippen LogP contribution in [-0.2, 0) is 4.79 Å². The summed E-state index contributed by atoms with van der Waals surface area (Å²) < 4.78 is 7.25. The van der Waals surface area contributed by atoms with Gasteiger partial charge in [0, 0.05) is 23.7 Å². The standard InChI is InChI=1S/C21H25N5O3/c1-5-22-19(27)12-29-17-8-6-16(7-9-17)25-21(28)18-10-15-11-23-26(13(2)3)20(15)24-14(18)4/h6-11,13H,5,12H2,1-4H3,(H,22,27)(H,25,28). The molecular weight excluding hydrogens is 370 g/mol. The number of carbonyl (C=O) groups excluding carboxylic acids is 2. The zero-order valence-corrected chi connectivity index (χ0v) is 17.0. The molecule has 0 unspecified atom stereocenters. The Kier molecular flexibility index (Phi) is 6.11. The van der Waals surface area contributed by atoms with E-state index in [-0.39, 0.29) is 24.5 Å². The van der Waals surface area contributed by atoms with Crippen molar-refractivity contribution in [1.82, 2.24) is 20.1 Å². The van der Waals surface area contributed by atoms with E-state index in [9.17, 15) is 9.59 Å². The second-order valence-electron chi connectivity index (χ2n) is 6.94. The second-order valence-corrected chi connectivity index (χ2v) is 6.94. The Morgan fingerprint density at radius 2 is 1.93 bits per heavy atom. The van der Waals surface area contributed by atoms with Crippen LogP contribution in [0.4, 0.5) is 5.69 Å². The van der Waals surface area contributed by atoms with Crippen LogP contribution in [0.15, 0.2) is 36.5 Å². The highest BCUT2D eigenvalue weighted by atomic mass is 16.5. The molecule has 0 spiro atoms. The summed E-state index contributed by atoms with van der Waals surface area (Å²) in [5.41, 5.74) is 2.53. The third kappa shape index (κ3) is 4.71. The van der Waals surface area contributed by atoms with Gasteiger partial charge in [-0.3, -0.25) is 9.59 Å². The van der Waals surface area contributed by atoms with E-state index in [1.165, 1.54) is 0 Å². The van der Waals surface area contributed by atoms with Gasteiger partial charge < -0.3 is 15.4 Å². The SMILES string of the molecule is CCNC(=O)COc1ccc(NC(=O)c2cc3cnn(C(C)C)c3nc2C)cc1. The Balaban J connectivity index is 1.70. The van der Waals surface area contributed by atoms with Crippen molar-refractivity contribution in [2.24, 2.45) is 0 Å². The topological polar surface area (TPSA) is 98.1 Å². The van der Waals surface area contributed by atoms with Crippen LogP contribution in [-0.4, -0.2) is 39.7 Å². The first kappa shape index (κ1) is 20.3.